The maximum atomic E-state index is 13.5. The number of hydrogen-bond donors (Lipinski definition) is 6. The molecule has 196 valence electrons. The number of rotatable bonds is 5. The van der Waals surface area contributed by atoms with Crippen LogP contribution in [0.4, 0.5) is 16.4 Å². The fourth-order valence-electron chi connectivity index (χ4n) is 4.32. The molecule has 0 aromatic carbocycles. The monoisotopic (exact) mass is 549 g/mol. The zero-order chi connectivity index (χ0) is 26.3. The van der Waals surface area contributed by atoms with Crippen LogP contribution in [0.25, 0.3) is 11.2 Å². The van der Waals surface area contributed by atoms with Gasteiger partial charge in [0, 0.05) is 37.6 Å². The van der Waals surface area contributed by atoms with E-state index in [-0.39, 0.29) is 22.8 Å². The lowest BCUT2D eigenvalue weighted by molar-refractivity contribution is 0.0942. The fraction of sp³-hybridized carbons (Fsp3) is 0.286. The lowest BCUT2D eigenvalue weighted by atomic mass is 10.1. The van der Waals surface area contributed by atoms with Gasteiger partial charge in [0.1, 0.15) is 17.7 Å². The van der Waals surface area contributed by atoms with Crippen molar-refractivity contribution in [1.29, 1.82) is 0 Å². The van der Waals surface area contributed by atoms with Crippen LogP contribution < -0.4 is 20.3 Å². The second-order valence-electron chi connectivity index (χ2n) is 8.41. The summed E-state index contributed by atoms with van der Waals surface area (Å²) < 4.78 is 26.2. The van der Waals surface area contributed by atoms with E-state index in [1.54, 1.807) is 42.2 Å². The zero-order valence-corrected chi connectivity index (χ0v) is 21.1. The van der Waals surface area contributed by atoms with Crippen molar-refractivity contribution in [3.8, 4) is 0 Å². The van der Waals surface area contributed by atoms with Crippen LogP contribution in [-0.4, -0.2) is 75.6 Å². The first-order valence-electron chi connectivity index (χ1n) is 11.2. The molecule has 1 saturated heterocycles. The number of amides is 2. The molecule has 14 nitrogen and oxygen atoms in total. The Morgan fingerprint density at radius 1 is 1.30 bits per heavy atom. The van der Waals surface area contributed by atoms with Gasteiger partial charge in [-0.2, -0.15) is 0 Å². The summed E-state index contributed by atoms with van der Waals surface area (Å²) in [5, 5.41) is 18.8. The lowest BCUT2D eigenvalue weighted by Gasteiger charge is -2.31. The summed E-state index contributed by atoms with van der Waals surface area (Å²) in [6, 6.07) is 2.73. The molecule has 4 aromatic rings. The van der Waals surface area contributed by atoms with Gasteiger partial charge in [-0.3, -0.25) is 23.6 Å². The highest BCUT2D eigenvalue weighted by molar-refractivity contribution is 8.22. The largest absolute Gasteiger partial charge is 0.465 e. The third-order valence-corrected chi connectivity index (χ3v) is 7.69. The molecule has 1 unspecified atom stereocenters. The fourth-order valence-corrected chi connectivity index (χ4v) is 5.61. The number of carboxylic acid groups (broad SMARTS) is 1. The first-order valence-corrected chi connectivity index (χ1v) is 13.3. The summed E-state index contributed by atoms with van der Waals surface area (Å²) in [5.41, 5.74) is 1.46. The predicted molar refractivity (Wildman–Crippen MR) is 139 cm³/mol. The van der Waals surface area contributed by atoms with Crippen molar-refractivity contribution in [3.05, 3.63) is 53.2 Å². The van der Waals surface area contributed by atoms with E-state index >= 15 is 0 Å². The van der Waals surface area contributed by atoms with Crippen LogP contribution in [0.3, 0.4) is 0 Å². The van der Waals surface area contributed by atoms with E-state index in [2.05, 4.69) is 30.4 Å². The van der Waals surface area contributed by atoms with Gasteiger partial charge in [-0.05, 0) is 19.1 Å². The van der Waals surface area contributed by atoms with Crippen LogP contribution in [0.2, 0.25) is 5.02 Å². The number of nitrogens with zero attached hydrogens (tertiary/aromatic N) is 6. The number of hydrogen-bond acceptors (Lipinski definition) is 9. The average molecular weight is 550 g/mol. The van der Waals surface area contributed by atoms with Gasteiger partial charge in [-0.15, -0.1) is 15.9 Å². The minimum atomic E-state index is -2.91. The number of pyridine rings is 1. The van der Waals surface area contributed by atoms with E-state index in [4.69, 9.17) is 11.6 Å². The minimum absolute atomic E-state index is 0.0286. The molecule has 16 heteroatoms. The Morgan fingerprint density at radius 3 is 2.89 bits per heavy atom. The topological polar surface area (TPSA) is 182 Å². The predicted octanol–water partition coefficient (Wildman–Crippen LogP) is 2.69. The summed E-state index contributed by atoms with van der Waals surface area (Å²) in [6.45, 7) is 2.90. The van der Waals surface area contributed by atoms with Crippen molar-refractivity contribution in [2.24, 2.45) is 0 Å². The van der Waals surface area contributed by atoms with Crippen molar-refractivity contribution in [2.75, 3.05) is 35.6 Å². The van der Waals surface area contributed by atoms with Gasteiger partial charge in [-0.1, -0.05) is 11.6 Å². The molecule has 6 N–H and O–H groups in total. The van der Waals surface area contributed by atoms with Crippen molar-refractivity contribution in [3.63, 3.8) is 0 Å². The summed E-state index contributed by atoms with van der Waals surface area (Å²) in [7, 11) is -2.91. The van der Waals surface area contributed by atoms with Gasteiger partial charge in [0.05, 0.1) is 28.5 Å². The average Bonchev–Trinajstić information content (AvgIpc) is 3.41. The Balaban J connectivity index is 1.54. The number of carbonyl (C=O) groups is 2. The van der Waals surface area contributed by atoms with E-state index in [0.717, 1.165) is 0 Å². The van der Waals surface area contributed by atoms with E-state index in [1.165, 1.54) is 10.7 Å². The molecule has 1 fully saturated rings. The van der Waals surface area contributed by atoms with Crippen molar-refractivity contribution < 1.29 is 23.8 Å². The molecular formula is C21H24ClN9O5S. The van der Waals surface area contributed by atoms with Crippen LogP contribution in [-0.2, 0) is 0 Å². The number of halogens is 1. The molecule has 1 aliphatic heterocycles. The quantitative estimate of drug-likeness (QED) is 0.216. The Labute approximate surface area is 216 Å². The number of carbonyl (C=O) groups excluding carboxylic acids is 1. The van der Waals surface area contributed by atoms with Crippen LogP contribution in [0.1, 0.15) is 28.9 Å². The molecule has 4 aromatic heterocycles. The zero-order valence-electron chi connectivity index (χ0n) is 19.5. The molecule has 1 aliphatic rings. The molecule has 0 bridgehead atoms. The first-order chi connectivity index (χ1) is 17.6. The molecule has 2 amide bonds. The highest BCUT2D eigenvalue weighted by atomic mass is 35.5. The summed E-state index contributed by atoms with van der Waals surface area (Å²) in [6.07, 6.45) is 4.89. The molecule has 1 atom stereocenters. The van der Waals surface area contributed by atoms with Gasteiger partial charge in [-0.25, -0.2) is 24.0 Å². The third kappa shape index (κ3) is 4.86. The minimum Gasteiger partial charge on any atom is -0.465 e. The molecule has 5 heterocycles. The highest BCUT2D eigenvalue weighted by Crippen LogP contribution is 2.38. The maximum absolute atomic E-state index is 13.5. The SMILES string of the molecule is CC(NC(=O)c1c(NC(=O)O)nn2cccnc12)c1cc(Cl)c2cncn2c1N1CCNS(O)(O)CC1. The summed E-state index contributed by atoms with van der Waals surface area (Å²) >= 11 is 6.55. The third-order valence-electron chi connectivity index (χ3n) is 5.97. The first kappa shape index (κ1) is 25.0. The van der Waals surface area contributed by atoms with Gasteiger partial charge in [0.2, 0.25) is 0 Å². The van der Waals surface area contributed by atoms with Crippen LogP contribution in [0.5, 0.6) is 0 Å². The molecule has 37 heavy (non-hydrogen) atoms. The number of imidazole rings is 1. The lowest BCUT2D eigenvalue weighted by Crippen LogP contribution is -2.34. The van der Waals surface area contributed by atoms with E-state index in [9.17, 15) is 23.8 Å². The second kappa shape index (κ2) is 9.68. The van der Waals surface area contributed by atoms with Gasteiger partial charge < -0.3 is 15.3 Å². The van der Waals surface area contributed by atoms with E-state index in [1.807, 2.05) is 4.90 Å². The Bertz CT molecular complexity index is 1510. The standard InChI is InChI=1S/C21H24ClN9O5S/c1-12(26-19(32)16-17(27-21(33)34)28-31-5-2-3-24-18(16)31)13-9-14(22)15-10-23-11-30(15)20(13)29-6-4-25-37(35,36)8-7-29/h2-3,5,9-12,25,35-36H,4,6-8H2,1H3,(H,26,32)(H,27,28)(H,33,34). The number of nitrogens with one attached hydrogen (secondary N) is 3. The van der Waals surface area contributed by atoms with E-state index < -0.39 is 28.8 Å². The molecule has 0 saturated carbocycles. The molecule has 5 rings (SSSR count). The van der Waals surface area contributed by atoms with Gasteiger partial charge in [0.15, 0.2) is 11.5 Å². The highest BCUT2D eigenvalue weighted by Gasteiger charge is 2.28. The molecule has 0 aliphatic carbocycles. The van der Waals surface area contributed by atoms with Gasteiger partial charge in [0.25, 0.3) is 5.91 Å². The van der Waals surface area contributed by atoms with Crippen molar-refractivity contribution in [1.82, 2.24) is 34.0 Å². The van der Waals surface area contributed by atoms with Crippen LogP contribution in [0.15, 0.2) is 37.1 Å². The Kier molecular flexibility index (Phi) is 6.55. The van der Waals surface area contributed by atoms with Gasteiger partial charge >= 0.3 is 6.09 Å². The summed E-state index contributed by atoms with van der Waals surface area (Å²) in [5.74, 6) is 0.0579. The molecule has 0 spiro atoms. The second-order valence-corrected chi connectivity index (χ2v) is 10.8. The Hall–Kier alpha value is -3.63. The van der Waals surface area contributed by atoms with Crippen LogP contribution >= 0.6 is 22.4 Å². The van der Waals surface area contributed by atoms with Crippen molar-refractivity contribution in [2.45, 2.75) is 13.0 Å². The van der Waals surface area contributed by atoms with E-state index in [0.29, 0.717) is 41.6 Å². The molecule has 0 radical (unpaired) electrons. The van der Waals surface area contributed by atoms with Crippen LogP contribution in [0, 0.1) is 0 Å². The Morgan fingerprint density at radius 2 is 2.11 bits per heavy atom. The number of fused-ring (bicyclic) bond motifs is 2. The summed E-state index contributed by atoms with van der Waals surface area (Å²) in [4.78, 5) is 35.2. The smallest absolute Gasteiger partial charge is 0.410 e. The normalized spacial score (nSPS) is 17.4. The molecular weight excluding hydrogens is 526 g/mol. The number of aromatic nitrogens is 5. The van der Waals surface area contributed by atoms with Crippen molar-refractivity contribution >= 4 is 57.2 Å². The maximum Gasteiger partial charge on any atom is 0.410 e. The number of anilines is 2.